The van der Waals surface area contributed by atoms with Crippen LogP contribution in [0.15, 0.2) is 12.3 Å². The Bertz CT molecular complexity index is 437. The average molecular weight is 262 g/mol. The maximum absolute atomic E-state index is 9.62. The lowest BCUT2D eigenvalue weighted by Gasteiger charge is -2.41. The standard InChI is InChI=1S/C14H22N4O/c1-3-17-8-11-4-5-12(9-17)18(11)13-6-7-15-14(16-13)10(2)19/h6-7,10-12,19H,3-5,8-9H2,1-2H3/t10-,11-,12+/m1/s1. The monoisotopic (exact) mass is 262 g/mol. The Morgan fingerprint density at radius 2 is 2.05 bits per heavy atom. The number of hydrogen-bond acceptors (Lipinski definition) is 5. The maximum atomic E-state index is 9.62. The molecule has 19 heavy (non-hydrogen) atoms. The van der Waals surface area contributed by atoms with Crippen molar-refractivity contribution in [2.45, 2.75) is 44.9 Å². The smallest absolute Gasteiger partial charge is 0.158 e. The van der Waals surface area contributed by atoms with Crippen molar-refractivity contribution < 1.29 is 5.11 Å². The first-order valence-electron chi connectivity index (χ1n) is 7.20. The number of likely N-dealkylation sites (N-methyl/N-ethyl adjacent to an activating group) is 1. The van der Waals surface area contributed by atoms with E-state index in [2.05, 4.69) is 26.7 Å². The molecule has 2 aliphatic heterocycles. The molecule has 2 aliphatic rings. The molecule has 2 fully saturated rings. The van der Waals surface area contributed by atoms with Gasteiger partial charge in [-0.3, -0.25) is 4.90 Å². The van der Waals surface area contributed by atoms with Crippen molar-refractivity contribution in [3.63, 3.8) is 0 Å². The Kier molecular flexibility index (Phi) is 3.41. The van der Waals surface area contributed by atoms with Crippen LogP contribution in [0.5, 0.6) is 0 Å². The quantitative estimate of drug-likeness (QED) is 0.887. The van der Waals surface area contributed by atoms with Crippen molar-refractivity contribution in [1.82, 2.24) is 14.9 Å². The minimum absolute atomic E-state index is 0.523. The molecule has 5 heteroatoms. The van der Waals surface area contributed by atoms with Gasteiger partial charge < -0.3 is 10.0 Å². The molecule has 1 N–H and O–H groups in total. The second-order valence-electron chi connectivity index (χ2n) is 5.59. The van der Waals surface area contributed by atoms with Crippen LogP contribution in [-0.4, -0.2) is 51.7 Å². The van der Waals surface area contributed by atoms with Crippen LogP contribution in [0.3, 0.4) is 0 Å². The summed E-state index contributed by atoms with van der Waals surface area (Å²) in [4.78, 5) is 13.6. The number of aliphatic hydroxyl groups is 1. The van der Waals surface area contributed by atoms with Gasteiger partial charge in [-0.1, -0.05) is 6.92 Å². The molecule has 0 aromatic carbocycles. The van der Waals surface area contributed by atoms with Crippen LogP contribution in [-0.2, 0) is 0 Å². The van der Waals surface area contributed by atoms with Gasteiger partial charge in [-0.15, -0.1) is 0 Å². The van der Waals surface area contributed by atoms with Gasteiger partial charge >= 0.3 is 0 Å². The highest BCUT2D eigenvalue weighted by atomic mass is 16.3. The van der Waals surface area contributed by atoms with Crippen LogP contribution in [0.1, 0.15) is 38.6 Å². The van der Waals surface area contributed by atoms with Gasteiger partial charge in [0.2, 0.25) is 0 Å². The van der Waals surface area contributed by atoms with Crippen LogP contribution in [0, 0.1) is 0 Å². The molecule has 1 aromatic rings. The molecule has 0 unspecified atom stereocenters. The van der Waals surface area contributed by atoms with E-state index in [0.717, 1.165) is 25.5 Å². The van der Waals surface area contributed by atoms with Crippen LogP contribution < -0.4 is 4.90 Å². The minimum Gasteiger partial charge on any atom is -0.385 e. The molecule has 0 radical (unpaired) electrons. The van der Waals surface area contributed by atoms with Crippen LogP contribution in [0.4, 0.5) is 5.82 Å². The molecule has 0 saturated carbocycles. The summed E-state index contributed by atoms with van der Waals surface area (Å²) in [7, 11) is 0. The maximum Gasteiger partial charge on any atom is 0.158 e. The van der Waals surface area contributed by atoms with Gasteiger partial charge in [-0.25, -0.2) is 9.97 Å². The summed E-state index contributed by atoms with van der Waals surface area (Å²) in [6.45, 7) is 7.32. The molecule has 3 rings (SSSR count). The lowest BCUT2D eigenvalue weighted by atomic mass is 10.2. The number of fused-ring (bicyclic) bond motifs is 2. The number of hydrogen-bond donors (Lipinski definition) is 1. The van der Waals surface area contributed by atoms with Gasteiger partial charge in [0.1, 0.15) is 11.9 Å². The van der Waals surface area contributed by atoms with Crippen molar-refractivity contribution in [1.29, 1.82) is 0 Å². The Morgan fingerprint density at radius 1 is 1.37 bits per heavy atom. The third-order valence-electron chi connectivity index (χ3n) is 4.30. The molecule has 2 bridgehead atoms. The van der Waals surface area contributed by atoms with E-state index in [-0.39, 0.29) is 0 Å². The average Bonchev–Trinajstić information content (AvgIpc) is 2.69. The molecular formula is C14H22N4O. The number of rotatable bonds is 3. The first-order valence-corrected chi connectivity index (χ1v) is 7.20. The van der Waals surface area contributed by atoms with Crippen molar-refractivity contribution in [2.24, 2.45) is 0 Å². The van der Waals surface area contributed by atoms with E-state index in [0.29, 0.717) is 17.9 Å². The highest BCUT2D eigenvalue weighted by Crippen LogP contribution is 2.33. The van der Waals surface area contributed by atoms with Gasteiger partial charge in [-0.2, -0.15) is 0 Å². The Balaban J connectivity index is 1.85. The molecule has 3 atom stereocenters. The SMILES string of the molecule is CCN1C[C@H]2CC[C@@H](C1)N2c1ccnc([C@@H](C)O)n1. The fourth-order valence-corrected chi connectivity index (χ4v) is 3.33. The van der Waals surface area contributed by atoms with E-state index in [1.165, 1.54) is 12.8 Å². The molecule has 0 spiro atoms. The Labute approximate surface area is 114 Å². The molecule has 104 valence electrons. The number of piperazine rings is 1. The molecule has 0 amide bonds. The van der Waals surface area contributed by atoms with E-state index in [1.807, 2.05) is 6.07 Å². The van der Waals surface area contributed by atoms with E-state index < -0.39 is 6.10 Å². The zero-order chi connectivity index (χ0) is 13.4. The van der Waals surface area contributed by atoms with Gasteiger partial charge in [0.15, 0.2) is 5.82 Å². The summed E-state index contributed by atoms with van der Waals surface area (Å²) < 4.78 is 0. The summed E-state index contributed by atoms with van der Waals surface area (Å²) in [6, 6.07) is 3.10. The minimum atomic E-state index is -0.602. The van der Waals surface area contributed by atoms with Gasteiger partial charge in [-0.05, 0) is 32.4 Å². The second-order valence-corrected chi connectivity index (χ2v) is 5.59. The summed E-state index contributed by atoms with van der Waals surface area (Å²) in [5, 5.41) is 9.62. The predicted octanol–water partition coefficient (Wildman–Crippen LogP) is 1.20. The molecule has 1 aromatic heterocycles. The van der Waals surface area contributed by atoms with Gasteiger partial charge in [0.05, 0.1) is 0 Å². The van der Waals surface area contributed by atoms with E-state index in [4.69, 9.17) is 0 Å². The predicted molar refractivity (Wildman–Crippen MR) is 74.1 cm³/mol. The van der Waals surface area contributed by atoms with Gasteiger partial charge in [0.25, 0.3) is 0 Å². The highest BCUT2D eigenvalue weighted by molar-refractivity contribution is 5.43. The summed E-state index contributed by atoms with van der Waals surface area (Å²) in [5.41, 5.74) is 0. The van der Waals surface area contributed by atoms with Crippen molar-refractivity contribution >= 4 is 5.82 Å². The number of aliphatic hydroxyl groups excluding tert-OH is 1. The van der Waals surface area contributed by atoms with Gasteiger partial charge in [0, 0.05) is 31.4 Å². The highest BCUT2D eigenvalue weighted by Gasteiger charge is 2.40. The molecule has 3 heterocycles. The Hall–Kier alpha value is -1.20. The largest absolute Gasteiger partial charge is 0.385 e. The number of nitrogens with zero attached hydrogens (tertiary/aromatic N) is 4. The zero-order valence-electron chi connectivity index (χ0n) is 11.7. The zero-order valence-corrected chi connectivity index (χ0v) is 11.7. The number of likely N-dealkylation sites (tertiary alicyclic amines) is 1. The third kappa shape index (κ3) is 2.32. The van der Waals surface area contributed by atoms with Crippen LogP contribution >= 0.6 is 0 Å². The molecule has 5 nitrogen and oxygen atoms in total. The topological polar surface area (TPSA) is 52.5 Å². The van der Waals surface area contributed by atoms with Crippen molar-refractivity contribution in [2.75, 3.05) is 24.5 Å². The van der Waals surface area contributed by atoms with Crippen LogP contribution in [0.25, 0.3) is 0 Å². The fraction of sp³-hybridized carbons (Fsp3) is 0.714. The lowest BCUT2D eigenvalue weighted by molar-refractivity contribution is 0.188. The number of anilines is 1. The summed E-state index contributed by atoms with van der Waals surface area (Å²) in [5.74, 6) is 1.50. The van der Waals surface area contributed by atoms with Crippen molar-refractivity contribution in [3.05, 3.63) is 18.1 Å². The molecular weight excluding hydrogens is 240 g/mol. The fourth-order valence-electron chi connectivity index (χ4n) is 3.33. The van der Waals surface area contributed by atoms with E-state index in [1.54, 1.807) is 13.1 Å². The van der Waals surface area contributed by atoms with Crippen molar-refractivity contribution in [3.8, 4) is 0 Å². The summed E-state index contributed by atoms with van der Waals surface area (Å²) in [6.07, 6.45) is 3.65. The molecule has 2 saturated heterocycles. The molecule has 0 aliphatic carbocycles. The lowest BCUT2D eigenvalue weighted by Crippen LogP contribution is -2.54. The van der Waals surface area contributed by atoms with Crippen LogP contribution in [0.2, 0.25) is 0 Å². The summed E-state index contributed by atoms with van der Waals surface area (Å²) >= 11 is 0. The third-order valence-corrected chi connectivity index (χ3v) is 4.30. The number of aromatic nitrogens is 2. The Morgan fingerprint density at radius 3 is 2.63 bits per heavy atom. The van der Waals surface area contributed by atoms with E-state index in [9.17, 15) is 5.11 Å². The first-order chi connectivity index (χ1) is 9.19. The normalized spacial score (nSPS) is 28.7. The second kappa shape index (κ2) is 5.06. The van der Waals surface area contributed by atoms with E-state index >= 15 is 0 Å². The first kappa shape index (κ1) is 12.8.